The molecule has 76 valence electrons. The Morgan fingerprint density at radius 3 is 3.00 bits per heavy atom. The lowest BCUT2D eigenvalue weighted by Gasteiger charge is -2.13. The van der Waals surface area contributed by atoms with Gasteiger partial charge < -0.3 is 10.0 Å². The molecule has 2 rings (SSSR count). The molecule has 1 aliphatic heterocycles. The van der Waals surface area contributed by atoms with Gasteiger partial charge in [-0.2, -0.15) is 0 Å². The molecule has 1 aliphatic rings. The zero-order chi connectivity index (χ0) is 10.1. The van der Waals surface area contributed by atoms with Gasteiger partial charge in [0.1, 0.15) is 0 Å². The van der Waals surface area contributed by atoms with Crippen LogP contribution in [0.2, 0.25) is 0 Å². The second-order valence-corrected chi connectivity index (χ2v) is 4.76. The Hall–Kier alpha value is -0.870. The largest absolute Gasteiger partial charge is 0.391 e. The maximum atomic E-state index is 11.8. The lowest BCUT2D eigenvalue weighted by Crippen LogP contribution is -2.29. The second kappa shape index (κ2) is 3.71. The highest BCUT2D eigenvalue weighted by atomic mass is 32.1. The first-order valence-electron chi connectivity index (χ1n) is 4.69. The molecule has 0 spiro atoms. The third kappa shape index (κ3) is 1.81. The number of nitrogens with zero attached hydrogens (tertiary/aromatic N) is 1. The summed E-state index contributed by atoms with van der Waals surface area (Å²) in [5.41, 5.74) is 0.751. The Labute approximate surface area is 87.0 Å². The van der Waals surface area contributed by atoms with Crippen LogP contribution in [0, 0.1) is 6.92 Å². The third-order valence-corrected chi connectivity index (χ3v) is 3.29. The summed E-state index contributed by atoms with van der Waals surface area (Å²) in [6.07, 6.45) is 0.369. The van der Waals surface area contributed by atoms with Gasteiger partial charge in [0.25, 0.3) is 5.91 Å². The number of hydrogen-bond donors (Lipinski definition) is 1. The van der Waals surface area contributed by atoms with E-state index in [1.165, 1.54) is 0 Å². The minimum absolute atomic E-state index is 0.0471. The Morgan fingerprint density at radius 1 is 1.71 bits per heavy atom. The van der Waals surface area contributed by atoms with Crippen molar-refractivity contribution in [3.05, 3.63) is 21.9 Å². The Balaban J connectivity index is 2.09. The van der Waals surface area contributed by atoms with Gasteiger partial charge in [-0.25, -0.2) is 0 Å². The molecule has 1 N–H and O–H groups in total. The summed E-state index contributed by atoms with van der Waals surface area (Å²) in [6.45, 7) is 3.14. The number of carbonyl (C=O) groups is 1. The molecule has 1 aromatic rings. The van der Waals surface area contributed by atoms with E-state index in [0.29, 0.717) is 19.5 Å². The van der Waals surface area contributed by atoms with Gasteiger partial charge in [0, 0.05) is 23.3 Å². The minimum Gasteiger partial charge on any atom is -0.391 e. The zero-order valence-electron chi connectivity index (χ0n) is 8.06. The summed E-state index contributed by atoms with van der Waals surface area (Å²) in [6, 6.07) is 1.90. The third-order valence-electron chi connectivity index (χ3n) is 2.43. The van der Waals surface area contributed by atoms with Crippen molar-refractivity contribution in [3.63, 3.8) is 0 Å². The topological polar surface area (TPSA) is 40.5 Å². The molecule has 1 fully saturated rings. The van der Waals surface area contributed by atoms with Gasteiger partial charge in [-0.05, 0) is 19.4 Å². The van der Waals surface area contributed by atoms with Gasteiger partial charge in [-0.3, -0.25) is 4.79 Å². The molecular weight excluding hydrogens is 198 g/mol. The van der Waals surface area contributed by atoms with Crippen LogP contribution < -0.4 is 0 Å². The van der Waals surface area contributed by atoms with Crippen molar-refractivity contribution < 1.29 is 9.90 Å². The van der Waals surface area contributed by atoms with Crippen LogP contribution in [0.3, 0.4) is 0 Å². The van der Waals surface area contributed by atoms with Crippen LogP contribution in [-0.4, -0.2) is 35.1 Å². The van der Waals surface area contributed by atoms with Crippen LogP contribution in [0.15, 0.2) is 11.4 Å². The first-order chi connectivity index (χ1) is 6.66. The molecule has 3 nitrogen and oxygen atoms in total. The molecule has 1 aromatic heterocycles. The van der Waals surface area contributed by atoms with Gasteiger partial charge in [0.15, 0.2) is 0 Å². The second-order valence-electron chi connectivity index (χ2n) is 3.64. The number of amides is 1. The summed E-state index contributed by atoms with van der Waals surface area (Å²) in [5.74, 6) is 0.0471. The standard InChI is InChI=1S/C10H13NO2S/c1-7-4-8(6-14-7)10(13)11-3-2-9(12)5-11/h4,6,9,12H,2-3,5H2,1H3. The maximum Gasteiger partial charge on any atom is 0.254 e. The van der Waals surface area contributed by atoms with Crippen LogP contribution in [0.5, 0.6) is 0 Å². The van der Waals surface area contributed by atoms with Crippen LogP contribution in [-0.2, 0) is 0 Å². The van der Waals surface area contributed by atoms with E-state index in [-0.39, 0.29) is 12.0 Å². The van der Waals surface area contributed by atoms with E-state index in [1.54, 1.807) is 16.2 Å². The Kier molecular flexibility index (Phi) is 2.56. The summed E-state index contributed by atoms with van der Waals surface area (Å²) >= 11 is 1.58. The number of aryl methyl sites for hydroxylation is 1. The molecule has 0 aliphatic carbocycles. The fourth-order valence-corrected chi connectivity index (χ4v) is 2.34. The van der Waals surface area contributed by atoms with Crippen LogP contribution in [0.25, 0.3) is 0 Å². The van der Waals surface area contributed by atoms with E-state index in [0.717, 1.165) is 10.4 Å². The molecular formula is C10H13NO2S. The minimum atomic E-state index is -0.335. The molecule has 2 heterocycles. The molecule has 0 saturated carbocycles. The highest BCUT2D eigenvalue weighted by molar-refractivity contribution is 7.10. The number of β-amino-alcohol motifs (C(OH)–C–C–N with tert-alkyl or cyclic N) is 1. The molecule has 1 amide bonds. The van der Waals surface area contributed by atoms with E-state index in [1.807, 2.05) is 18.4 Å². The maximum absolute atomic E-state index is 11.8. The highest BCUT2D eigenvalue weighted by Gasteiger charge is 2.25. The van der Waals surface area contributed by atoms with E-state index in [9.17, 15) is 9.90 Å². The summed E-state index contributed by atoms with van der Waals surface area (Å²) in [7, 11) is 0. The smallest absolute Gasteiger partial charge is 0.254 e. The molecule has 0 bridgehead atoms. The molecule has 0 aromatic carbocycles. The summed E-state index contributed by atoms with van der Waals surface area (Å²) in [5, 5.41) is 11.2. The number of rotatable bonds is 1. The zero-order valence-corrected chi connectivity index (χ0v) is 8.88. The predicted octanol–water partition coefficient (Wildman–Crippen LogP) is 1.26. The van der Waals surface area contributed by atoms with Crippen LogP contribution >= 0.6 is 11.3 Å². The van der Waals surface area contributed by atoms with Crippen molar-refractivity contribution in [1.29, 1.82) is 0 Å². The monoisotopic (exact) mass is 211 g/mol. The average molecular weight is 211 g/mol. The van der Waals surface area contributed by atoms with Crippen molar-refractivity contribution in [2.45, 2.75) is 19.4 Å². The molecule has 4 heteroatoms. The number of carbonyl (C=O) groups excluding carboxylic acids is 1. The first kappa shape index (κ1) is 9.68. The first-order valence-corrected chi connectivity index (χ1v) is 5.57. The fraction of sp³-hybridized carbons (Fsp3) is 0.500. The number of likely N-dealkylation sites (tertiary alicyclic amines) is 1. The van der Waals surface area contributed by atoms with Crippen molar-refractivity contribution in [3.8, 4) is 0 Å². The van der Waals surface area contributed by atoms with Crippen molar-refractivity contribution in [2.75, 3.05) is 13.1 Å². The van der Waals surface area contributed by atoms with Gasteiger partial charge in [0.2, 0.25) is 0 Å². The normalized spacial score (nSPS) is 21.6. The highest BCUT2D eigenvalue weighted by Crippen LogP contribution is 2.18. The van der Waals surface area contributed by atoms with Crippen molar-refractivity contribution in [1.82, 2.24) is 4.90 Å². The van der Waals surface area contributed by atoms with Gasteiger partial charge in [-0.1, -0.05) is 0 Å². The van der Waals surface area contributed by atoms with Crippen molar-refractivity contribution >= 4 is 17.2 Å². The summed E-state index contributed by atoms with van der Waals surface area (Å²) < 4.78 is 0. The van der Waals surface area contributed by atoms with E-state index < -0.39 is 0 Å². The van der Waals surface area contributed by atoms with E-state index in [2.05, 4.69) is 0 Å². The van der Waals surface area contributed by atoms with E-state index in [4.69, 9.17) is 0 Å². The van der Waals surface area contributed by atoms with E-state index >= 15 is 0 Å². The number of thiophene rings is 1. The quantitative estimate of drug-likeness (QED) is 0.759. The van der Waals surface area contributed by atoms with Gasteiger partial charge in [0.05, 0.1) is 11.7 Å². The van der Waals surface area contributed by atoms with Crippen LogP contribution in [0.4, 0.5) is 0 Å². The molecule has 1 unspecified atom stereocenters. The van der Waals surface area contributed by atoms with Crippen molar-refractivity contribution in [2.24, 2.45) is 0 Å². The Bertz CT molecular complexity index is 348. The lowest BCUT2D eigenvalue weighted by molar-refractivity contribution is 0.0765. The average Bonchev–Trinajstić information content (AvgIpc) is 2.73. The number of aliphatic hydroxyl groups excluding tert-OH is 1. The fourth-order valence-electron chi connectivity index (χ4n) is 1.66. The SMILES string of the molecule is Cc1cc(C(=O)N2CCC(O)C2)cs1. The van der Waals surface area contributed by atoms with Crippen LogP contribution in [0.1, 0.15) is 21.7 Å². The lowest BCUT2D eigenvalue weighted by atomic mass is 10.3. The molecule has 14 heavy (non-hydrogen) atoms. The number of aliphatic hydroxyl groups is 1. The summed E-state index contributed by atoms with van der Waals surface area (Å²) in [4.78, 5) is 14.7. The number of hydrogen-bond acceptors (Lipinski definition) is 3. The molecule has 1 atom stereocenters. The molecule has 0 radical (unpaired) electrons. The molecule has 1 saturated heterocycles. The van der Waals surface area contributed by atoms with Gasteiger partial charge in [-0.15, -0.1) is 11.3 Å². The predicted molar refractivity (Wildman–Crippen MR) is 55.6 cm³/mol. The Morgan fingerprint density at radius 2 is 2.50 bits per heavy atom. The van der Waals surface area contributed by atoms with Gasteiger partial charge >= 0.3 is 0 Å².